The highest BCUT2D eigenvalue weighted by molar-refractivity contribution is 5.71. The van der Waals surface area contributed by atoms with Crippen LogP contribution in [-0.4, -0.2) is 37.2 Å². The molecule has 0 heterocycles. The second-order valence-corrected chi connectivity index (χ2v) is 15.6. The second kappa shape index (κ2) is 49.5. The van der Waals surface area contributed by atoms with E-state index in [0.29, 0.717) is 19.3 Å². The Labute approximate surface area is 380 Å². The fourth-order valence-corrected chi connectivity index (χ4v) is 6.10. The first kappa shape index (κ1) is 57.8. The number of allylic oxidation sites excluding steroid dienone is 20. The maximum Gasteiger partial charge on any atom is 0.306 e. The predicted molar refractivity (Wildman–Crippen MR) is 265 cm³/mol. The van der Waals surface area contributed by atoms with E-state index in [1.807, 2.05) is 12.2 Å². The topological polar surface area (TPSA) is 78.9 Å². The standard InChI is InChI=1S/C56H88O6/c1-4-7-10-13-16-19-21-23-25-27-28-29-31-32-34-37-40-43-46-49-55(58)61-52-53(51-60-54(57)48-45-42-39-36-18-15-12-9-6-3)62-56(59)50-47-44-41-38-35-33-30-26-24-22-20-17-14-11-8-5-2/h7-8,10-11,16-17,19-20,23-26,28-29,32-35,41,44,53H,4-6,9,12-15,18,21-22,27,30-31,36-40,42-43,45-52H2,1-3H3/b10-7-,11-8-,19-16-,20-17-,25-23-,26-24-,29-28-,34-32-,35-33-,44-41-. The molecule has 0 aromatic carbocycles. The van der Waals surface area contributed by atoms with Gasteiger partial charge in [0.15, 0.2) is 6.10 Å². The summed E-state index contributed by atoms with van der Waals surface area (Å²) in [6, 6.07) is 0. The van der Waals surface area contributed by atoms with Crippen molar-refractivity contribution in [2.45, 2.75) is 200 Å². The Morgan fingerprint density at radius 3 is 1.05 bits per heavy atom. The molecule has 0 aromatic heterocycles. The molecule has 0 saturated carbocycles. The number of ether oxygens (including phenoxy) is 3. The first-order valence-electron chi connectivity index (χ1n) is 24.5. The lowest BCUT2D eigenvalue weighted by Crippen LogP contribution is -2.30. The van der Waals surface area contributed by atoms with Gasteiger partial charge in [-0.2, -0.15) is 0 Å². The fourth-order valence-electron chi connectivity index (χ4n) is 6.10. The molecule has 0 aliphatic heterocycles. The van der Waals surface area contributed by atoms with Crippen LogP contribution in [0.4, 0.5) is 0 Å². The van der Waals surface area contributed by atoms with Crippen molar-refractivity contribution in [3.05, 3.63) is 122 Å². The highest BCUT2D eigenvalue weighted by Crippen LogP contribution is 2.12. The van der Waals surface area contributed by atoms with Crippen molar-refractivity contribution < 1.29 is 28.6 Å². The fraction of sp³-hybridized carbons (Fsp3) is 0.589. The van der Waals surface area contributed by atoms with Gasteiger partial charge >= 0.3 is 17.9 Å². The molecule has 0 N–H and O–H groups in total. The van der Waals surface area contributed by atoms with Gasteiger partial charge in [-0.25, -0.2) is 0 Å². The van der Waals surface area contributed by atoms with E-state index in [-0.39, 0.29) is 31.6 Å². The zero-order valence-electron chi connectivity index (χ0n) is 39.6. The van der Waals surface area contributed by atoms with Crippen molar-refractivity contribution in [2.24, 2.45) is 0 Å². The number of unbranched alkanes of at least 4 members (excludes halogenated alkanes) is 11. The zero-order chi connectivity index (χ0) is 45.1. The lowest BCUT2D eigenvalue weighted by atomic mass is 10.1. The molecule has 0 aliphatic carbocycles. The van der Waals surface area contributed by atoms with Crippen LogP contribution in [-0.2, 0) is 28.6 Å². The number of carbonyl (C=O) groups excluding carboxylic acids is 3. The van der Waals surface area contributed by atoms with E-state index in [1.165, 1.54) is 38.5 Å². The molecule has 6 heteroatoms. The summed E-state index contributed by atoms with van der Waals surface area (Å²) in [6.45, 7) is 6.27. The van der Waals surface area contributed by atoms with Gasteiger partial charge < -0.3 is 14.2 Å². The van der Waals surface area contributed by atoms with Gasteiger partial charge in [-0.1, -0.05) is 200 Å². The number of hydrogen-bond acceptors (Lipinski definition) is 6. The van der Waals surface area contributed by atoms with Crippen molar-refractivity contribution in [2.75, 3.05) is 13.2 Å². The Bertz CT molecular complexity index is 1350. The van der Waals surface area contributed by atoms with Gasteiger partial charge in [0, 0.05) is 19.3 Å². The van der Waals surface area contributed by atoms with Gasteiger partial charge in [-0.3, -0.25) is 14.4 Å². The van der Waals surface area contributed by atoms with E-state index >= 15 is 0 Å². The van der Waals surface area contributed by atoms with Gasteiger partial charge in [-0.05, 0) is 96.3 Å². The lowest BCUT2D eigenvalue weighted by molar-refractivity contribution is -0.166. The molecular weight excluding hydrogens is 769 g/mol. The molecule has 62 heavy (non-hydrogen) atoms. The molecule has 348 valence electrons. The molecule has 1 unspecified atom stereocenters. The van der Waals surface area contributed by atoms with Crippen molar-refractivity contribution in [1.82, 2.24) is 0 Å². The summed E-state index contributed by atoms with van der Waals surface area (Å²) in [7, 11) is 0. The Morgan fingerprint density at radius 1 is 0.339 bits per heavy atom. The maximum absolute atomic E-state index is 12.7. The Hall–Kier alpha value is -4.19. The van der Waals surface area contributed by atoms with E-state index < -0.39 is 12.1 Å². The van der Waals surface area contributed by atoms with E-state index in [9.17, 15) is 14.4 Å². The molecule has 0 aromatic rings. The van der Waals surface area contributed by atoms with E-state index in [1.54, 1.807) is 0 Å². The molecule has 0 fully saturated rings. The van der Waals surface area contributed by atoms with Crippen LogP contribution < -0.4 is 0 Å². The van der Waals surface area contributed by atoms with Gasteiger partial charge in [0.1, 0.15) is 13.2 Å². The number of rotatable bonds is 42. The third-order valence-electron chi connectivity index (χ3n) is 9.73. The molecule has 0 bridgehead atoms. The Kier molecular flexibility index (Phi) is 46.1. The highest BCUT2D eigenvalue weighted by Gasteiger charge is 2.19. The third kappa shape index (κ3) is 46.9. The van der Waals surface area contributed by atoms with Gasteiger partial charge in [-0.15, -0.1) is 0 Å². The van der Waals surface area contributed by atoms with E-state index in [0.717, 1.165) is 109 Å². The minimum atomic E-state index is -0.831. The zero-order valence-corrected chi connectivity index (χ0v) is 39.6. The molecule has 0 amide bonds. The monoisotopic (exact) mass is 857 g/mol. The number of hydrogen-bond donors (Lipinski definition) is 0. The van der Waals surface area contributed by atoms with Crippen LogP contribution in [0.15, 0.2) is 122 Å². The van der Waals surface area contributed by atoms with Crippen LogP contribution in [0, 0.1) is 0 Å². The summed E-state index contributed by atoms with van der Waals surface area (Å²) in [4.78, 5) is 37.8. The Morgan fingerprint density at radius 2 is 0.661 bits per heavy atom. The van der Waals surface area contributed by atoms with Gasteiger partial charge in [0.25, 0.3) is 0 Å². The van der Waals surface area contributed by atoms with E-state index in [2.05, 4.69) is 130 Å². The third-order valence-corrected chi connectivity index (χ3v) is 9.73. The van der Waals surface area contributed by atoms with Crippen LogP contribution in [0.25, 0.3) is 0 Å². The smallest absolute Gasteiger partial charge is 0.306 e. The molecule has 0 aliphatic rings. The molecule has 0 spiro atoms. The van der Waals surface area contributed by atoms with Crippen molar-refractivity contribution >= 4 is 17.9 Å². The van der Waals surface area contributed by atoms with Crippen molar-refractivity contribution in [1.29, 1.82) is 0 Å². The van der Waals surface area contributed by atoms with Crippen LogP contribution in [0.2, 0.25) is 0 Å². The minimum absolute atomic E-state index is 0.121. The van der Waals surface area contributed by atoms with Gasteiger partial charge in [0.05, 0.1) is 0 Å². The van der Waals surface area contributed by atoms with Crippen LogP contribution >= 0.6 is 0 Å². The summed E-state index contributed by atoms with van der Waals surface area (Å²) in [5.74, 6) is -1.05. The molecule has 6 nitrogen and oxygen atoms in total. The first-order chi connectivity index (χ1) is 30.5. The highest BCUT2D eigenvalue weighted by atomic mass is 16.6. The summed E-state index contributed by atoms with van der Waals surface area (Å²) >= 11 is 0. The number of carbonyl (C=O) groups is 3. The van der Waals surface area contributed by atoms with Crippen molar-refractivity contribution in [3.8, 4) is 0 Å². The summed E-state index contributed by atoms with van der Waals surface area (Å²) in [5.41, 5.74) is 0. The molecule has 0 saturated heterocycles. The predicted octanol–water partition coefficient (Wildman–Crippen LogP) is 16.1. The normalized spacial score (nSPS) is 13.1. The van der Waals surface area contributed by atoms with Crippen LogP contribution in [0.5, 0.6) is 0 Å². The van der Waals surface area contributed by atoms with E-state index in [4.69, 9.17) is 14.2 Å². The quantitative estimate of drug-likeness (QED) is 0.0263. The van der Waals surface area contributed by atoms with Gasteiger partial charge in [0.2, 0.25) is 0 Å². The minimum Gasteiger partial charge on any atom is -0.462 e. The molecule has 1 atom stereocenters. The summed E-state index contributed by atoms with van der Waals surface area (Å²) < 4.78 is 16.6. The second-order valence-electron chi connectivity index (χ2n) is 15.6. The average Bonchev–Trinajstić information content (AvgIpc) is 3.27. The first-order valence-corrected chi connectivity index (χ1v) is 24.5. The van der Waals surface area contributed by atoms with Crippen LogP contribution in [0.3, 0.4) is 0 Å². The molecule has 0 rings (SSSR count). The Balaban J connectivity index is 4.53. The molecule has 0 radical (unpaired) electrons. The maximum atomic E-state index is 12.7. The lowest BCUT2D eigenvalue weighted by Gasteiger charge is -2.18. The summed E-state index contributed by atoms with van der Waals surface area (Å²) in [6.07, 6.45) is 67.7. The number of esters is 3. The SMILES string of the molecule is CC/C=C\C/C=C\C/C=C\C/C=C\C/C=C\CCCCCC(=O)OCC(COC(=O)CCCCCCCCCCC)OC(=O)CC/C=C\C/C=C\C/C=C\C/C=C\C/C=C\CC. The van der Waals surface area contributed by atoms with Crippen molar-refractivity contribution in [3.63, 3.8) is 0 Å². The summed E-state index contributed by atoms with van der Waals surface area (Å²) in [5, 5.41) is 0. The largest absolute Gasteiger partial charge is 0.462 e. The molecular formula is C56H88O6. The average molecular weight is 857 g/mol. The van der Waals surface area contributed by atoms with Crippen LogP contribution in [0.1, 0.15) is 194 Å².